The number of rotatable bonds is 7. The topological polar surface area (TPSA) is 32.7 Å². The number of likely N-dealkylation sites (N-methyl/N-ethyl adjacent to an activating group) is 1. The molecule has 1 atom stereocenters. The van der Waals surface area contributed by atoms with Gasteiger partial charge in [-0.15, -0.1) is 0 Å². The van der Waals surface area contributed by atoms with Gasteiger partial charge in [-0.3, -0.25) is 0 Å². The molecule has 2 rings (SSSR count). The van der Waals surface area contributed by atoms with Gasteiger partial charge in [0.25, 0.3) is 0 Å². The Hall–Kier alpha value is -1.84. The largest absolute Gasteiger partial charge is 0.508 e. The summed E-state index contributed by atoms with van der Waals surface area (Å²) in [4.78, 5) is 2.18. The third kappa shape index (κ3) is 4.58. The van der Waals surface area contributed by atoms with E-state index in [1.54, 1.807) is 6.07 Å². The molecule has 22 heavy (non-hydrogen) atoms. The van der Waals surface area contributed by atoms with Gasteiger partial charge in [-0.1, -0.05) is 36.4 Å². The summed E-state index contributed by atoms with van der Waals surface area (Å²) in [5.41, 5.74) is 3.61. The zero-order valence-corrected chi connectivity index (χ0v) is 13.6. The fourth-order valence-corrected chi connectivity index (χ4v) is 2.55. The highest BCUT2D eigenvalue weighted by Crippen LogP contribution is 2.25. The molecule has 0 saturated heterocycles. The van der Waals surface area contributed by atoms with Crippen LogP contribution in [0.5, 0.6) is 5.75 Å². The predicted molar refractivity (Wildman–Crippen MR) is 90.0 cm³/mol. The molecule has 0 aromatic heterocycles. The predicted octanol–water partition coefficient (Wildman–Crippen LogP) is 3.77. The second kappa shape index (κ2) is 7.97. The van der Waals surface area contributed by atoms with E-state index in [0.29, 0.717) is 12.4 Å². The first kappa shape index (κ1) is 16.5. The molecule has 0 saturated carbocycles. The van der Waals surface area contributed by atoms with Crippen molar-refractivity contribution in [3.63, 3.8) is 0 Å². The average molecular weight is 299 g/mol. The number of phenolic OH excluding ortho intramolecular Hbond substituents is 1. The molecule has 3 heteroatoms. The van der Waals surface area contributed by atoms with Gasteiger partial charge in [0.1, 0.15) is 5.75 Å². The van der Waals surface area contributed by atoms with E-state index < -0.39 is 0 Å². The first-order valence-electron chi connectivity index (χ1n) is 7.71. The van der Waals surface area contributed by atoms with Crippen molar-refractivity contribution in [2.45, 2.75) is 26.0 Å². The van der Waals surface area contributed by atoms with Gasteiger partial charge < -0.3 is 14.7 Å². The summed E-state index contributed by atoms with van der Waals surface area (Å²) < 4.78 is 5.43. The van der Waals surface area contributed by atoms with Gasteiger partial charge in [0.2, 0.25) is 0 Å². The van der Waals surface area contributed by atoms with Crippen molar-refractivity contribution in [2.75, 3.05) is 20.7 Å². The molecule has 0 spiro atoms. The van der Waals surface area contributed by atoms with E-state index in [4.69, 9.17) is 4.74 Å². The SMILES string of the molecule is CCOCc1ccc(CC(c2cccc(O)c2)N(C)C)cc1. The van der Waals surface area contributed by atoms with Crippen LogP contribution in [0.3, 0.4) is 0 Å². The summed E-state index contributed by atoms with van der Waals surface area (Å²) in [6, 6.07) is 16.3. The molecular weight excluding hydrogens is 274 g/mol. The van der Waals surface area contributed by atoms with E-state index in [-0.39, 0.29) is 6.04 Å². The Morgan fingerprint density at radius 1 is 1.05 bits per heavy atom. The van der Waals surface area contributed by atoms with Gasteiger partial charge in [0.05, 0.1) is 6.61 Å². The average Bonchev–Trinajstić information content (AvgIpc) is 2.51. The molecule has 2 aromatic rings. The Kier molecular flexibility index (Phi) is 5.99. The quantitative estimate of drug-likeness (QED) is 0.844. The van der Waals surface area contributed by atoms with Crippen molar-refractivity contribution >= 4 is 0 Å². The molecule has 0 fully saturated rings. The standard InChI is InChI=1S/C19H25NO2/c1-4-22-14-16-10-8-15(9-11-16)12-19(20(2)3)17-6-5-7-18(21)13-17/h5-11,13,19,21H,4,12,14H2,1-3H3. The van der Waals surface area contributed by atoms with Crippen LogP contribution in [0.1, 0.15) is 29.7 Å². The third-order valence-corrected chi connectivity index (χ3v) is 3.80. The minimum absolute atomic E-state index is 0.241. The Morgan fingerprint density at radius 2 is 1.73 bits per heavy atom. The van der Waals surface area contributed by atoms with E-state index in [9.17, 15) is 5.11 Å². The third-order valence-electron chi connectivity index (χ3n) is 3.80. The molecule has 0 heterocycles. The van der Waals surface area contributed by atoms with Crippen LogP contribution in [-0.2, 0) is 17.8 Å². The van der Waals surface area contributed by atoms with Crippen LogP contribution < -0.4 is 0 Å². The van der Waals surface area contributed by atoms with Crippen molar-refractivity contribution in [3.8, 4) is 5.75 Å². The highest BCUT2D eigenvalue weighted by Gasteiger charge is 2.15. The summed E-state index contributed by atoms with van der Waals surface area (Å²) >= 11 is 0. The smallest absolute Gasteiger partial charge is 0.115 e. The lowest BCUT2D eigenvalue weighted by atomic mass is 9.97. The molecule has 1 N–H and O–H groups in total. The van der Waals surface area contributed by atoms with E-state index in [2.05, 4.69) is 49.3 Å². The van der Waals surface area contributed by atoms with E-state index in [1.807, 2.05) is 19.1 Å². The minimum atomic E-state index is 0.241. The van der Waals surface area contributed by atoms with Crippen LogP contribution in [0.25, 0.3) is 0 Å². The molecule has 3 nitrogen and oxygen atoms in total. The highest BCUT2D eigenvalue weighted by molar-refractivity contribution is 5.31. The van der Waals surface area contributed by atoms with Crippen molar-refractivity contribution in [1.29, 1.82) is 0 Å². The maximum Gasteiger partial charge on any atom is 0.115 e. The lowest BCUT2D eigenvalue weighted by molar-refractivity contribution is 0.134. The number of nitrogens with zero attached hydrogens (tertiary/aromatic N) is 1. The Morgan fingerprint density at radius 3 is 2.32 bits per heavy atom. The van der Waals surface area contributed by atoms with Crippen LogP contribution in [-0.4, -0.2) is 30.7 Å². The van der Waals surface area contributed by atoms with Crippen molar-refractivity contribution in [1.82, 2.24) is 4.90 Å². The van der Waals surface area contributed by atoms with Crippen LogP contribution >= 0.6 is 0 Å². The molecule has 0 aliphatic carbocycles. The molecule has 2 aromatic carbocycles. The number of hydrogen-bond acceptors (Lipinski definition) is 3. The van der Waals surface area contributed by atoms with Gasteiger partial charge in [-0.05, 0) is 56.3 Å². The zero-order chi connectivity index (χ0) is 15.9. The summed E-state index contributed by atoms with van der Waals surface area (Å²) in [5.74, 6) is 0.316. The first-order chi connectivity index (χ1) is 10.6. The summed E-state index contributed by atoms with van der Waals surface area (Å²) in [6.45, 7) is 3.41. The summed E-state index contributed by atoms with van der Waals surface area (Å²) in [5, 5.41) is 9.70. The molecule has 0 bridgehead atoms. The Balaban J connectivity index is 2.11. The second-order valence-electron chi connectivity index (χ2n) is 5.73. The van der Waals surface area contributed by atoms with Crippen molar-refractivity contribution in [3.05, 3.63) is 65.2 Å². The van der Waals surface area contributed by atoms with Gasteiger partial charge >= 0.3 is 0 Å². The van der Waals surface area contributed by atoms with Gasteiger partial charge in [-0.2, -0.15) is 0 Å². The van der Waals surface area contributed by atoms with Crippen molar-refractivity contribution < 1.29 is 9.84 Å². The molecule has 0 radical (unpaired) electrons. The first-order valence-corrected chi connectivity index (χ1v) is 7.71. The van der Waals surface area contributed by atoms with Crippen molar-refractivity contribution in [2.24, 2.45) is 0 Å². The molecule has 0 aliphatic rings. The Bertz CT molecular complexity index is 578. The number of ether oxygens (including phenoxy) is 1. The maximum atomic E-state index is 9.70. The molecule has 0 aliphatic heterocycles. The van der Waals surface area contributed by atoms with Crippen LogP contribution in [0, 0.1) is 0 Å². The monoisotopic (exact) mass is 299 g/mol. The fraction of sp³-hybridized carbons (Fsp3) is 0.368. The fourth-order valence-electron chi connectivity index (χ4n) is 2.55. The normalized spacial score (nSPS) is 12.5. The molecule has 1 unspecified atom stereocenters. The highest BCUT2D eigenvalue weighted by atomic mass is 16.5. The lowest BCUT2D eigenvalue weighted by Gasteiger charge is -2.25. The number of hydrogen-bond donors (Lipinski definition) is 1. The Labute approximate surface area is 133 Å². The summed E-state index contributed by atoms with van der Waals surface area (Å²) in [7, 11) is 4.14. The van der Waals surface area contributed by atoms with E-state index in [1.165, 1.54) is 11.1 Å². The van der Waals surface area contributed by atoms with Crippen LogP contribution in [0.2, 0.25) is 0 Å². The second-order valence-corrected chi connectivity index (χ2v) is 5.73. The molecular formula is C19H25NO2. The molecule has 118 valence electrons. The van der Waals surface area contributed by atoms with E-state index in [0.717, 1.165) is 18.6 Å². The van der Waals surface area contributed by atoms with Gasteiger partial charge in [0.15, 0.2) is 0 Å². The molecule has 0 amide bonds. The van der Waals surface area contributed by atoms with Crippen LogP contribution in [0.4, 0.5) is 0 Å². The number of benzene rings is 2. The number of aromatic hydroxyl groups is 1. The minimum Gasteiger partial charge on any atom is -0.508 e. The lowest BCUT2D eigenvalue weighted by Crippen LogP contribution is -2.22. The van der Waals surface area contributed by atoms with Crippen LogP contribution in [0.15, 0.2) is 48.5 Å². The van der Waals surface area contributed by atoms with Gasteiger partial charge in [-0.25, -0.2) is 0 Å². The van der Waals surface area contributed by atoms with Gasteiger partial charge in [0, 0.05) is 12.6 Å². The maximum absolute atomic E-state index is 9.70. The van der Waals surface area contributed by atoms with E-state index >= 15 is 0 Å². The number of phenols is 1. The summed E-state index contributed by atoms with van der Waals surface area (Å²) in [6.07, 6.45) is 0.908. The zero-order valence-electron chi connectivity index (χ0n) is 13.6.